The minimum Gasteiger partial charge on any atom is -0.463 e. The van der Waals surface area contributed by atoms with Crippen LogP contribution in [0.3, 0.4) is 0 Å². The minimum atomic E-state index is -3.35. The fourth-order valence-electron chi connectivity index (χ4n) is 10.6. The van der Waals surface area contributed by atoms with E-state index in [1.807, 2.05) is 127 Å². The number of hydrogen-bond acceptors (Lipinski definition) is 14. The van der Waals surface area contributed by atoms with Crippen LogP contribution in [0.25, 0.3) is 21.2 Å². The van der Waals surface area contributed by atoms with Crippen molar-refractivity contribution in [3.8, 4) is 0 Å². The average Bonchev–Trinajstić information content (AvgIpc) is 2.39. The average molecular weight is 1300 g/mol. The molecule has 21 heteroatoms. The Hall–Kier alpha value is -6.19. The number of hydrogen-bond donors (Lipinski definition) is 1. The number of azide groups is 1. The Kier molecular flexibility index (Phi) is 21.6. The van der Waals surface area contributed by atoms with E-state index in [2.05, 4.69) is 77.1 Å². The molecule has 1 N–H and O–H groups in total. The first kappa shape index (κ1) is 63.3. The smallest absolute Gasteiger partial charge is 0.338 e. The molecule has 2 aliphatic heterocycles. The van der Waals surface area contributed by atoms with Gasteiger partial charge in [-0.1, -0.05) is 234 Å². The van der Waals surface area contributed by atoms with Crippen molar-refractivity contribution in [2.24, 2.45) is 5.11 Å². The van der Waals surface area contributed by atoms with E-state index in [4.69, 9.17) is 87.3 Å². The zero-order valence-corrected chi connectivity index (χ0v) is 51.8. The highest BCUT2D eigenvalue weighted by Gasteiger charge is 2.57. The highest BCUT2D eigenvalue weighted by Crippen LogP contribution is 2.41. The number of rotatable bonds is 22. The van der Waals surface area contributed by atoms with E-state index in [-0.39, 0.29) is 32.0 Å². The van der Waals surface area contributed by atoms with Crippen molar-refractivity contribution in [2.45, 2.75) is 118 Å². The summed E-state index contributed by atoms with van der Waals surface area (Å²) in [6, 6.07) is 57.8. The van der Waals surface area contributed by atoms with E-state index in [0.29, 0.717) is 5.56 Å². The summed E-state index contributed by atoms with van der Waals surface area (Å²) in [4.78, 5) is 30.5. The summed E-state index contributed by atoms with van der Waals surface area (Å²) in [5, 5.41) is 16.7. The topological polar surface area (TPSA) is 199 Å². The molecule has 16 nitrogen and oxygen atoms in total. The molecular formula is C64H64BrCl3N4O12Si. The normalized spacial score (nSPS) is 22.6. The molecule has 0 saturated carbocycles. The molecule has 0 aromatic heterocycles. The van der Waals surface area contributed by atoms with Crippen molar-refractivity contribution in [1.29, 1.82) is 5.41 Å². The third-order valence-electron chi connectivity index (χ3n) is 14.7. The summed E-state index contributed by atoms with van der Waals surface area (Å²) >= 11 is 22.2. The van der Waals surface area contributed by atoms with Gasteiger partial charge in [0.05, 0.1) is 32.0 Å². The maximum absolute atomic E-state index is 14.3. The first-order valence-electron chi connectivity index (χ1n) is 27.5. The molecule has 444 valence electrons. The Labute approximate surface area is 518 Å². The number of nitrogens with zero attached hydrogens (tertiary/aromatic N) is 3. The lowest BCUT2D eigenvalue weighted by atomic mass is 9.95. The quantitative estimate of drug-likeness (QED) is 0.00986. The van der Waals surface area contributed by atoms with Crippen LogP contribution in [0.4, 0.5) is 0 Å². The molecule has 0 aliphatic carbocycles. The summed E-state index contributed by atoms with van der Waals surface area (Å²) in [5.74, 6) is -2.43. The van der Waals surface area contributed by atoms with Crippen molar-refractivity contribution in [2.75, 3.05) is 13.2 Å². The molecule has 2 heterocycles. The number of benzene rings is 7. The molecule has 2 aliphatic rings. The van der Waals surface area contributed by atoms with Gasteiger partial charge in [0.1, 0.15) is 49.3 Å². The van der Waals surface area contributed by atoms with Crippen LogP contribution in [0, 0.1) is 5.41 Å². The van der Waals surface area contributed by atoms with Gasteiger partial charge in [-0.25, -0.2) is 4.79 Å². The van der Waals surface area contributed by atoms with E-state index in [0.717, 1.165) is 36.7 Å². The summed E-state index contributed by atoms with van der Waals surface area (Å²) in [7, 11) is -3.35. The third kappa shape index (κ3) is 15.9. The molecule has 0 spiro atoms. The highest BCUT2D eigenvalue weighted by molar-refractivity contribution is 9.10. The van der Waals surface area contributed by atoms with Crippen LogP contribution in [0.15, 0.2) is 198 Å². The van der Waals surface area contributed by atoms with Crippen LogP contribution in [0.2, 0.25) is 5.04 Å². The van der Waals surface area contributed by atoms with Gasteiger partial charge in [0.15, 0.2) is 12.4 Å². The maximum atomic E-state index is 14.3. The first-order valence-corrected chi connectivity index (χ1v) is 31.3. The number of carbonyl (C=O) groups is 2. The first-order chi connectivity index (χ1) is 40.9. The van der Waals surface area contributed by atoms with Crippen LogP contribution in [0.1, 0.15) is 54.7 Å². The van der Waals surface area contributed by atoms with Crippen molar-refractivity contribution < 1.29 is 56.6 Å². The lowest BCUT2D eigenvalue weighted by Crippen LogP contribution is -2.69. The lowest BCUT2D eigenvalue weighted by Gasteiger charge is -2.50. The molecule has 0 radical (unpaired) electrons. The fourth-order valence-corrected chi connectivity index (χ4v) is 15.6. The van der Waals surface area contributed by atoms with E-state index in [1.54, 1.807) is 30.3 Å². The number of fused-ring (bicyclic) bond motifs is 1. The zero-order chi connectivity index (χ0) is 60.1. The van der Waals surface area contributed by atoms with Crippen LogP contribution >= 0.6 is 50.7 Å². The maximum Gasteiger partial charge on any atom is 0.338 e. The third-order valence-corrected chi connectivity index (χ3v) is 20.7. The van der Waals surface area contributed by atoms with Gasteiger partial charge in [-0.15, -0.1) is 0 Å². The molecule has 85 heavy (non-hydrogen) atoms. The van der Waals surface area contributed by atoms with Crippen molar-refractivity contribution >= 4 is 98.0 Å². The Morgan fingerprint density at radius 1 is 0.612 bits per heavy atom. The number of esters is 2. The van der Waals surface area contributed by atoms with Crippen molar-refractivity contribution in [3.63, 3.8) is 0 Å². The van der Waals surface area contributed by atoms with Gasteiger partial charge in [0, 0.05) is 16.3 Å². The number of alkyl halides is 3. The van der Waals surface area contributed by atoms with Gasteiger partial charge in [-0.3, -0.25) is 10.2 Å². The largest absolute Gasteiger partial charge is 0.463 e. The van der Waals surface area contributed by atoms with Crippen LogP contribution in [-0.4, -0.2) is 105 Å². The molecule has 2 fully saturated rings. The van der Waals surface area contributed by atoms with Crippen LogP contribution in [0.5, 0.6) is 0 Å². The predicted molar refractivity (Wildman–Crippen MR) is 330 cm³/mol. The second-order valence-electron chi connectivity index (χ2n) is 21.5. The number of ether oxygens (including phenoxy) is 9. The van der Waals surface area contributed by atoms with Crippen molar-refractivity contribution in [1.82, 2.24) is 0 Å². The van der Waals surface area contributed by atoms with Crippen LogP contribution < -0.4 is 10.4 Å². The van der Waals surface area contributed by atoms with Crippen LogP contribution in [-0.2, 0) is 71.7 Å². The van der Waals surface area contributed by atoms with E-state index in [1.165, 1.54) is 6.92 Å². The SMILES string of the molecule is CC(=O)OC[C@@H]1OC(OC(=N)C(Cl)(Cl)Cl)[C@H](OC(=O)c2ccccc2)[C@@H](OCc2ccccc2)[C@@H]1O[C@H]1O[C@H](CO[Si](c2ccccc2)(c2ccccc2)C(C)(C)C)[C@@H](OCc2ccc3ccccc3c2)[C@H](OCc2ccc(Br)cc2)[C@H]1N=[N+]=[N-]. The second kappa shape index (κ2) is 29.0. The monoisotopic (exact) mass is 1290 g/mol. The molecule has 7 aromatic rings. The highest BCUT2D eigenvalue weighted by atomic mass is 79.9. The van der Waals surface area contributed by atoms with Gasteiger partial charge in [0.2, 0.25) is 12.2 Å². The molecule has 1 unspecified atom stereocenters. The lowest BCUT2D eigenvalue weighted by molar-refractivity contribution is -0.346. The number of carbonyl (C=O) groups excluding carboxylic acids is 2. The van der Waals surface area contributed by atoms with Gasteiger partial charge in [-0.05, 0) is 78.7 Å². The fraction of sp³-hybridized carbons (Fsp3) is 0.328. The Bertz CT molecular complexity index is 3350. The number of halogens is 4. The Morgan fingerprint density at radius 2 is 1.13 bits per heavy atom. The molecule has 9 rings (SSSR count). The van der Waals surface area contributed by atoms with Gasteiger partial charge in [0.25, 0.3) is 12.1 Å². The molecule has 0 amide bonds. The van der Waals surface area contributed by atoms with Gasteiger partial charge in [-0.2, -0.15) is 0 Å². The molecule has 7 aromatic carbocycles. The zero-order valence-electron chi connectivity index (χ0n) is 47.0. The van der Waals surface area contributed by atoms with E-state index >= 15 is 0 Å². The van der Waals surface area contributed by atoms with Gasteiger partial charge >= 0.3 is 11.9 Å². The summed E-state index contributed by atoms with van der Waals surface area (Å²) in [5.41, 5.74) is 13.1. The summed E-state index contributed by atoms with van der Waals surface area (Å²) < 4.78 is 66.1. The molecule has 0 bridgehead atoms. The standard InChI is InChI=1S/C64H64BrCl3N4O12Si/c1-41(73)75-39-51-55(57(78-36-42-19-9-5-10-20-42)58(61(81-51)84-62(69)64(66,67)68)82-59(74)46-22-11-6-12-23-46)83-60-53(71-72-70)56(77-37-43-30-33-48(65)34-31-43)54(76-38-44-29-32-45-21-17-18-24-47(45)35-44)52(80-60)40-79-85(63(2,3)4,49-25-13-7-14-26-49)50-27-15-8-16-28-50/h5-35,51-58,60-61,69H,36-40H2,1-4H3/t51-,52+,53+,54+,55+,56+,57-,58+,60+,61?/m0/s1. The summed E-state index contributed by atoms with van der Waals surface area (Å²) in [6.45, 7) is 7.02. The molecule has 2 saturated heterocycles. The molecular weight excluding hydrogens is 1230 g/mol. The molecule has 10 atom stereocenters. The van der Waals surface area contributed by atoms with Crippen molar-refractivity contribution in [3.05, 3.63) is 225 Å². The van der Waals surface area contributed by atoms with Gasteiger partial charge < -0.3 is 47.1 Å². The Morgan fingerprint density at radius 3 is 1.73 bits per heavy atom. The summed E-state index contributed by atoms with van der Waals surface area (Å²) in [6.07, 6.45) is -12.6. The predicted octanol–water partition coefficient (Wildman–Crippen LogP) is 12.9. The number of nitrogens with one attached hydrogen (secondary N) is 1. The minimum absolute atomic E-state index is 0.0103. The Balaban J connectivity index is 1.20. The van der Waals surface area contributed by atoms with E-state index in [9.17, 15) is 15.1 Å². The second-order valence-corrected chi connectivity index (χ2v) is 29.0. The van der Waals surface area contributed by atoms with E-state index < -0.39 is 103 Å².